The third-order valence-corrected chi connectivity index (χ3v) is 3.81. The molecule has 0 fully saturated rings. The second-order valence-corrected chi connectivity index (χ2v) is 5.32. The molecule has 0 bridgehead atoms. The Morgan fingerprint density at radius 3 is 2.56 bits per heavy atom. The van der Waals surface area contributed by atoms with Gasteiger partial charge < -0.3 is 14.6 Å². The van der Waals surface area contributed by atoms with Gasteiger partial charge in [0.05, 0.1) is 6.10 Å². The van der Waals surface area contributed by atoms with Crippen molar-refractivity contribution in [2.24, 2.45) is 0 Å². The lowest BCUT2D eigenvalue weighted by molar-refractivity contribution is 0.171. The molecule has 1 aromatic carbocycles. The van der Waals surface area contributed by atoms with Gasteiger partial charge in [-0.15, -0.1) is 11.8 Å². The number of rotatable bonds is 3. The quantitative estimate of drug-likeness (QED) is 0.823. The first-order valence-corrected chi connectivity index (χ1v) is 6.29. The molecule has 88 valence electrons. The zero-order valence-electron chi connectivity index (χ0n) is 9.47. The number of hydrogen-bond donors (Lipinski definition) is 1. The highest BCUT2D eigenvalue weighted by molar-refractivity contribution is 8.00. The van der Waals surface area contributed by atoms with Crippen LogP contribution in [0.5, 0.6) is 11.5 Å². The normalized spacial score (nSPS) is 17.9. The first-order valence-electron chi connectivity index (χ1n) is 5.41. The van der Waals surface area contributed by atoms with Gasteiger partial charge in [0.25, 0.3) is 0 Å². The van der Waals surface area contributed by atoms with Crippen molar-refractivity contribution in [3.63, 3.8) is 0 Å². The predicted molar refractivity (Wildman–Crippen MR) is 64.4 cm³/mol. The Morgan fingerprint density at radius 2 is 1.88 bits per heavy atom. The number of aliphatic hydroxyl groups excluding tert-OH is 1. The summed E-state index contributed by atoms with van der Waals surface area (Å²) in [6.07, 6.45) is -0.321. The molecule has 0 saturated heterocycles. The van der Waals surface area contributed by atoms with Crippen LogP contribution >= 0.6 is 11.8 Å². The van der Waals surface area contributed by atoms with Crippen LogP contribution in [0.15, 0.2) is 23.1 Å². The molecule has 1 aromatic rings. The van der Waals surface area contributed by atoms with E-state index < -0.39 is 0 Å². The van der Waals surface area contributed by atoms with E-state index in [4.69, 9.17) is 9.47 Å². The van der Waals surface area contributed by atoms with Crippen LogP contribution in [0, 0.1) is 0 Å². The molecule has 1 N–H and O–H groups in total. The molecular formula is C12H16O3S. The fourth-order valence-electron chi connectivity index (χ4n) is 1.41. The summed E-state index contributed by atoms with van der Waals surface area (Å²) in [6, 6.07) is 5.89. The number of fused-ring (bicyclic) bond motifs is 1. The average molecular weight is 240 g/mol. The van der Waals surface area contributed by atoms with Crippen molar-refractivity contribution in [3.8, 4) is 11.5 Å². The largest absolute Gasteiger partial charge is 0.486 e. The van der Waals surface area contributed by atoms with E-state index in [1.165, 1.54) is 0 Å². The van der Waals surface area contributed by atoms with Gasteiger partial charge in [-0.25, -0.2) is 0 Å². The number of aliphatic hydroxyl groups is 1. The van der Waals surface area contributed by atoms with Gasteiger partial charge >= 0.3 is 0 Å². The van der Waals surface area contributed by atoms with Gasteiger partial charge in [-0.2, -0.15) is 0 Å². The molecule has 1 heterocycles. The summed E-state index contributed by atoms with van der Waals surface area (Å²) >= 11 is 1.64. The zero-order valence-corrected chi connectivity index (χ0v) is 10.3. The lowest BCUT2D eigenvalue weighted by atomic mass is 10.3. The van der Waals surface area contributed by atoms with Crippen molar-refractivity contribution in [3.05, 3.63) is 18.2 Å². The SMILES string of the molecule is CC(O)C(C)Sc1ccc2c(c1)OCCO2. The number of ether oxygens (including phenoxy) is 2. The van der Waals surface area contributed by atoms with Crippen molar-refractivity contribution in [1.82, 2.24) is 0 Å². The van der Waals surface area contributed by atoms with Crippen LogP contribution in [0.3, 0.4) is 0 Å². The Hall–Kier alpha value is -0.870. The third kappa shape index (κ3) is 2.62. The minimum absolute atomic E-state index is 0.169. The van der Waals surface area contributed by atoms with E-state index in [9.17, 15) is 5.11 Å². The Bertz CT molecular complexity index is 365. The van der Waals surface area contributed by atoms with Gasteiger partial charge in [0, 0.05) is 10.1 Å². The minimum Gasteiger partial charge on any atom is -0.486 e. The molecule has 0 radical (unpaired) electrons. The summed E-state index contributed by atoms with van der Waals surface area (Å²) in [5, 5.41) is 9.61. The zero-order chi connectivity index (χ0) is 11.5. The lowest BCUT2D eigenvalue weighted by Crippen LogP contribution is -2.16. The smallest absolute Gasteiger partial charge is 0.162 e. The molecule has 2 unspecified atom stereocenters. The first kappa shape index (κ1) is 11.6. The summed E-state index contributed by atoms with van der Waals surface area (Å²) < 4.78 is 11.0. The van der Waals surface area contributed by atoms with Crippen LogP contribution in [0.4, 0.5) is 0 Å². The van der Waals surface area contributed by atoms with Crippen molar-refractivity contribution in [1.29, 1.82) is 0 Å². The van der Waals surface area contributed by atoms with E-state index in [1.54, 1.807) is 18.7 Å². The van der Waals surface area contributed by atoms with E-state index in [0.717, 1.165) is 16.4 Å². The minimum atomic E-state index is -0.321. The van der Waals surface area contributed by atoms with Crippen LogP contribution in [0.2, 0.25) is 0 Å². The molecule has 2 rings (SSSR count). The number of benzene rings is 1. The molecule has 0 saturated carbocycles. The summed E-state index contributed by atoms with van der Waals surface area (Å²) in [5.74, 6) is 1.61. The Morgan fingerprint density at radius 1 is 1.19 bits per heavy atom. The lowest BCUT2D eigenvalue weighted by Gasteiger charge is -2.20. The summed E-state index contributed by atoms with van der Waals surface area (Å²) in [5.41, 5.74) is 0. The second-order valence-electron chi connectivity index (χ2n) is 3.87. The maximum atomic E-state index is 9.44. The molecule has 2 atom stereocenters. The first-order chi connectivity index (χ1) is 7.66. The molecule has 4 heteroatoms. The molecule has 0 aromatic heterocycles. The summed E-state index contributed by atoms with van der Waals surface area (Å²) in [6.45, 7) is 5.03. The van der Waals surface area contributed by atoms with E-state index >= 15 is 0 Å². The molecule has 0 amide bonds. The van der Waals surface area contributed by atoms with Gasteiger partial charge in [-0.3, -0.25) is 0 Å². The molecule has 0 aliphatic carbocycles. The van der Waals surface area contributed by atoms with E-state index in [1.807, 2.05) is 25.1 Å². The van der Waals surface area contributed by atoms with Crippen LogP contribution < -0.4 is 9.47 Å². The average Bonchev–Trinajstić information content (AvgIpc) is 2.28. The Kier molecular flexibility index (Phi) is 3.61. The van der Waals surface area contributed by atoms with Crippen LogP contribution in [0.25, 0.3) is 0 Å². The van der Waals surface area contributed by atoms with Gasteiger partial charge in [-0.1, -0.05) is 6.92 Å². The van der Waals surface area contributed by atoms with Gasteiger partial charge in [0.1, 0.15) is 13.2 Å². The Balaban J connectivity index is 2.11. The topological polar surface area (TPSA) is 38.7 Å². The van der Waals surface area contributed by atoms with E-state index in [-0.39, 0.29) is 11.4 Å². The van der Waals surface area contributed by atoms with Crippen molar-refractivity contribution >= 4 is 11.8 Å². The van der Waals surface area contributed by atoms with Crippen molar-refractivity contribution < 1.29 is 14.6 Å². The predicted octanol–water partition coefficient (Wildman–Crippen LogP) is 2.32. The monoisotopic (exact) mass is 240 g/mol. The maximum Gasteiger partial charge on any atom is 0.162 e. The molecule has 16 heavy (non-hydrogen) atoms. The summed E-state index contributed by atoms with van der Waals surface area (Å²) in [4.78, 5) is 1.10. The molecule has 1 aliphatic heterocycles. The fraction of sp³-hybridized carbons (Fsp3) is 0.500. The maximum absolute atomic E-state index is 9.44. The van der Waals surface area contributed by atoms with Gasteiger partial charge in [0.15, 0.2) is 11.5 Å². The van der Waals surface area contributed by atoms with Gasteiger partial charge in [0.2, 0.25) is 0 Å². The summed E-state index contributed by atoms with van der Waals surface area (Å²) in [7, 11) is 0. The highest BCUT2D eigenvalue weighted by Crippen LogP contribution is 2.35. The molecule has 3 nitrogen and oxygen atoms in total. The van der Waals surface area contributed by atoms with Crippen molar-refractivity contribution in [2.75, 3.05) is 13.2 Å². The van der Waals surface area contributed by atoms with Gasteiger partial charge in [-0.05, 0) is 25.1 Å². The van der Waals surface area contributed by atoms with Crippen LogP contribution in [-0.2, 0) is 0 Å². The van der Waals surface area contributed by atoms with Crippen LogP contribution in [-0.4, -0.2) is 29.7 Å². The standard InChI is InChI=1S/C12H16O3S/c1-8(13)9(2)16-10-3-4-11-12(7-10)15-6-5-14-11/h3-4,7-9,13H,5-6H2,1-2H3. The molecule has 0 spiro atoms. The third-order valence-electron chi connectivity index (χ3n) is 2.51. The number of hydrogen-bond acceptors (Lipinski definition) is 4. The number of thioether (sulfide) groups is 1. The fourth-order valence-corrected chi connectivity index (χ4v) is 2.36. The Labute approximate surface area is 99.8 Å². The second kappa shape index (κ2) is 4.97. The highest BCUT2D eigenvalue weighted by atomic mass is 32.2. The highest BCUT2D eigenvalue weighted by Gasteiger charge is 2.15. The van der Waals surface area contributed by atoms with Crippen molar-refractivity contribution in [2.45, 2.75) is 30.1 Å². The van der Waals surface area contributed by atoms with E-state index in [2.05, 4.69) is 0 Å². The van der Waals surface area contributed by atoms with E-state index in [0.29, 0.717) is 13.2 Å². The molecular weight excluding hydrogens is 224 g/mol. The molecule has 1 aliphatic rings. The van der Waals surface area contributed by atoms with Crippen LogP contribution in [0.1, 0.15) is 13.8 Å².